The Labute approximate surface area is 207 Å². The maximum absolute atomic E-state index is 12.7. The quantitative estimate of drug-likeness (QED) is 0.455. The lowest BCUT2D eigenvalue weighted by atomic mass is 9.96. The summed E-state index contributed by atoms with van der Waals surface area (Å²) in [5.74, 6) is -1.41. The van der Waals surface area contributed by atoms with Crippen LogP contribution in [0.1, 0.15) is 44.8 Å². The molecule has 0 aliphatic heterocycles. The maximum Gasteiger partial charge on any atom is 0.338 e. The Morgan fingerprint density at radius 3 is 2.66 bits per heavy atom. The van der Waals surface area contributed by atoms with Crippen LogP contribution in [0.4, 0.5) is 10.7 Å². The van der Waals surface area contributed by atoms with Gasteiger partial charge in [-0.15, -0.1) is 11.3 Å². The molecule has 0 bridgehead atoms. The van der Waals surface area contributed by atoms with Crippen molar-refractivity contribution in [2.24, 2.45) is 0 Å². The number of carbonyl (C=O) groups is 2. The molecule has 1 heterocycles. The lowest BCUT2D eigenvalue weighted by molar-refractivity contribution is -0.119. The molecule has 4 rings (SSSR count). The molecule has 1 aliphatic carbocycles. The van der Waals surface area contributed by atoms with Gasteiger partial charge in [-0.05, 0) is 74.1 Å². The number of anilines is 2. The van der Waals surface area contributed by atoms with Gasteiger partial charge in [0.1, 0.15) is 11.1 Å². The van der Waals surface area contributed by atoms with Crippen LogP contribution in [0, 0.1) is 18.3 Å². The molecular weight excluding hydrogens is 486 g/mol. The number of nitrogens with one attached hydrogen (secondary N) is 2. The van der Waals surface area contributed by atoms with E-state index < -0.39 is 28.5 Å². The van der Waals surface area contributed by atoms with Crippen molar-refractivity contribution in [3.05, 3.63) is 75.7 Å². The average Bonchev–Trinajstić information content (AvgIpc) is 3.19. The van der Waals surface area contributed by atoms with E-state index in [1.807, 2.05) is 13.0 Å². The number of fused-ring (bicyclic) bond motifs is 1. The van der Waals surface area contributed by atoms with Crippen LogP contribution in [-0.2, 0) is 32.4 Å². The fourth-order valence-electron chi connectivity index (χ4n) is 3.86. The highest BCUT2D eigenvalue weighted by atomic mass is 32.2. The van der Waals surface area contributed by atoms with Gasteiger partial charge in [0, 0.05) is 10.6 Å². The summed E-state index contributed by atoms with van der Waals surface area (Å²) in [6.07, 6.45) is 3.77. The van der Waals surface area contributed by atoms with Gasteiger partial charge in [0.2, 0.25) is 0 Å². The number of aryl methyl sites for hydroxylation is 2. The highest BCUT2D eigenvalue weighted by molar-refractivity contribution is 7.92. The first-order chi connectivity index (χ1) is 16.8. The van der Waals surface area contributed by atoms with Crippen LogP contribution in [0.25, 0.3) is 0 Å². The number of ether oxygens (including phenoxy) is 1. The third kappa shape index (κ3) is 5.70. The Hall–Kier alpha value is -3.68. The monoisotopic (exact) mass is 509 g/mol. The summed E-state index contributed by atoms with van der Waals surface area (Å²) in [6, 6.07) is 14.5. The molecule has 35 heavy (non-hydrogen) atoms. The zero-order valence-corrected chi connectivity index (χ0v) is 20.6. The number of carbonyl (C=O) groups excluding carboxylic acids is 2. The standard InChI is InChI=1S/C25H23N3O5S2/c1-16-6-4-8-18(12-16)28-35(31,32)19-9-5-7-17(13-19)25(30)33-15-23(29)27-24-21(14-26)20-10-2-3-11-22(20)34-24/h4-9,12-13,28H,2-3,10-11,15H2,1H3,(H,27,29). The predicted molar refractivity (Wildman–Crippen MR) is 133 cm³/mol. The number of benzene rings is 2. The molecule has 1 aliphatic rings. The molecule has 0 atom stereocenters. The SMILES string of the molecule is Cc1cccc(NS(=O)(=O)c2cccc(C(=O)OCC(=O)Nc3sc4c(c3C#N)CCCC4)c2)c1. The van der Waals surface area contributed by atoms with E-state index in [1.54, 1.807) is 18.2 Å². The van der Waals surface area contributed by atoms with Crippen molar-refractivity contribution in [2.45, 2.75) is 37.5 Å². The van der Waals surface area contributed by atoms with Gasteiger partial charge in [0.25, 0.3) is 15.9 Å². The molecule has 1 amide bonds. The van der Waals surface area contributed by atoms with E-state index in [0.717, 1.165) is 41.7 Å². The minimum Gasteiger partial charge on any atom is -0.452 e. The normalized spacial score (nSPS) is 12.8. The predicted octanol–water partition coefficient (Wildman–Crippen LogP) is 4.40. The van der Waals surface area contributed by atoms with E-state index in [4.69, 9.17) is 4.74 Å². The first-order valence-corrected chi connectivity index (χ1v) is 13.3. The molecule has 0 radical (unpaired) electrons. The molecule has 0 saturated carbocycles. The largest absolute Gasteiger partial charge is 0.452 e. The lowest BCUT2D eigenvalue weighted by Gasteiger charge is -2.10. The lowest BCUT2D eigenvalue weighted by Crippen LogP contribution is -2.21. The van der Waals surface area contributed by atoms with Crippen LogP contribution in [0.5, 0.6) is 0 Å². The van der Waals surface area contributed by atoms with Crippen molar-refractivity contribution in [3.8, 4) is 6.07 Å². The van der Waals surface area contributed by atoms with Gasteiger partial charge in [0.15, 0.2) is 6.61 Å². The average molecular weight is 510 g/mol. The Balaban J connectivity index is 1.40. The number of nitrogens with zero attached hydrogens (tertiary/aromatic N) is 1. The molecule has 0 spiro atoms. The van der Waals surface area contributed by atoms with Crippen LogP contribution in [0.15, 0.2) is 53.4 Å². The Morgan fingerprint density at radius 1 is 1.11 bits per heavy atom. The van der Waals surface area contributed by atoms with Crippen molar-refractivity contribution in [2.75, 3.05) is 16.6 Å². The molecule has 8 nitrogen and oxygen atoms in total. The highest BCUT2D eigenvalue weighted by Crippen LogP contribution is 2.37. The molecule has 180 valence electrons. The maximum atomic E-state index is 12.7. The minimum absolute atomic E-state index is 0.00535. The van der Waals surface area contributed by atoms with Crippen molar-refractivity contribution in [1.29, 1.82) is 5.26 Å². The molecule has 10 heteroatoms. The second kappa shape index (κ2) is 10.3. The number of thiophene rings is 1. The number of esters is 1. The van der Waals surface area contributed by atoms with E-state index >= 15 is 0 Å². The van der Waals surface area contributed by atoms with Crippen molar-refractivity contribution in [1.82, 2.24) is 0 Å². The van der Waals surface area contributed by atoms with Crippen molar-refractivity contribution in [3.63, 3.8) is 0 Å². The zero-order chi connectivity index (χ0) is 25.0. The third-order valence-corrected chi connectivity index (χ3v) is 8.11. The molecule has 0 saturated heterocycles. The first kappa shape index (κ1) is 24.4. The van der Waals surface area contributed by atoms with E-state index in [9.17, 15) is 23.3 Å². The van der Waals surface area contributed by atoms with Crippen LogP contribution < -0.4 is 10.0 Å². The van der Waals surface area contributed by atoms with Crippen LogP contribution in [0.3, 0.4) is 0 Å². The summed E-state index contributed by atoms with van der Waals surface area (Å²) >= 11 is 1.38. The number of rotatable bonds is 7. The van der Waals surface area contributed by atoms with Gasteiger partial charge in [-0.3, -0.25) is 9.52 Å². The first-order valence-electron chi connectivity index (χ1n) is 11.0. The number of hydrogen-bond donors (Lipinski definition) is 2. The van der Waals surface area contributed by atoms with Gasteiger partial charge >= 0.3 is 5.97 Å². The smallest absolute Gasteiger partial charge is 0.338 e. The number of amides is 1. The van der Waals surface area contributed by atoms with E-state index in [-0.39, 0.29) is 10.5 Å². The summed E-state index contributed by atoms with van der Waals surface area (Å²) in [5, 5.41) is 12.6. The van der Waals surface area contributed by atoms with Crippen LogP contribution >= 0.6 is 11.3 Å². The van der Waals surface area contributed by atoms with Gasteiger partial charge in [-0.1, -0.05) is 18.2 Å². The number of sulfonamides is 1. The van der Waals surface area contributed by atoms with Crippen LogP contribution in [0.2, 0.25) is 0 Å². The summed E-state index contributed by atoms with van der Waals surface area (Å²) in [5.41, 5.74) is 2.76. The van der Waals surface area contributed by atoms with E-state index in [1.165, 1.54) is 35.6 Å². The molecule has 2 aromatic carbocycles. The second-order valence-electron chi connectivity index (χ2n) is 8.15. The molecule has 3 aromatic rings. The highest BCUT2D eigenvalue weighted by Gasteiger charge is 2.22. The zero-order valence-electron chi connectivity index (χ0n) is 19.0. The van der Waals surface area contributed by atoms with Gasteiger partial charge in [0.05, 0.1) is 16.0 Å². The topological polar surface area (TPSA) is 125 Å². The van der Waals surface area contributed by atoms with E-state index in [2.05, 4.69) is 16.1 Å². The molecule has 0 fully saturated rings. The van der Waals surface area contributed by atoms with Crippen molar-refractivity contribution < 1.29 is 22.7 Å². The minimum atomic E-state index is -3.93. The fourth-order valence-corrected chi connectivity index (χ4v) is 6.21. The molecule has 2 N–H and O–H groups in total. The molecule has 1 aromatic heterocycles. The molecular formula is C25H23N3O5S2. The summed E-state index contributed by atoms with van der Waals surface area (Å²) < 4.78 is 33.1. The van der Waals surface area contributed by atoms with Gasteiger partial charge < -0.3 is 10.1 Å². The second-order valence-corrected chi connectivity index (χ2v) is 10.9. The van der Waals surface area contributed by atoms with Gasteiger partial charge in [-0.25, -0.2) is 13.2 Å². The van der Waals surface area contributed by atoms with Gasteiger partial charge in [-0.2, -0.15) is 5.26 Å². The Morgan fingerprint density at radius 2 is 1.89 bits per heavy atom. The summed E-state index contributed by atoms with van der Waals surface area (Å²) in [4.78, 5) is 25.9. The summed E-state index contributed by atoms with van der Waals surface area (Å²) in [6.45, 7) is 1.28. The number of nitriles is 1. The van der Waals surface area contributed by atoms with Crippen molar-refractivity contribution >= 4 is 43.9 Å². The Bertz CT molecular complexity index is 1440. The third-order valence-electron chi connectivity index (χ3n) is 5.52. The summed E-state index contributed by atoms with van der Waals surface area (Å²) in [7, 11) is -3.93. The van der Waals surface area contributed by atoms with Crippen LogP contribution in [-0.4, -0.2) is 26.9 Å². The molecule has 0 unspecified atom stereocenters. The number of hydrogen-bond acceptors (Lipinski definition) is 7. The van der Waals surface area contributed by atoms with E-state index in [0.29, 0.717) is 16.3 Å². The Kier molecular flexibility index (Phi) is 7.19. The fraction of sp³-hybridized carbons (Fsp3) is 0.240.